The summed E-state index contributed by atoms with van der Waals surface area (Å²) in [5.41, 5.74) is 3.64. The minimum absolute atomic E-state index is 0.101. The number of non-ortho nitro benzene ring substituents is 1. The number of carbonyl (C=O) groups excluding carboxylic acids is 1. The van der Waals surface area contributed by atoms with Gasteiger partial charge in [-0.2, -0.15) is 20.1 Å². The molecule has 0 amide bonds. The molecular formula is C27H30N8O4. The van der Waals surface area contributed by atoms with Gasteiger partial charge in [-0.25, -0.2) is 10.2 Å². The van der Waals surface area contributed by atoms with Crippen LogP contribution in [-0.2, 0) is 0 Å². The summed E-state index contributed by atoms with van der Waals surface area (Å²) in [5.74, 6) is 1.39. The average molecular weight is 531 g/mol. The van der Waals surface area contributed by atoms with E-state index in [0.717, 1.165) is 57.4 Å². The highest BCUT2D eigenvalue weighted by Gasteiger charge is 2.20. The van der Waals surface area contributed by atoms with Crippen LogP contribution in [0.5, 0.6) is 5.75 Å². The summed E-state index contributed by atoms with van der Waals surface area (Å²) in [7, 11) is 0. The van der Waals surface area contributed by atoms with Gasteiger partial charge in [0.2, 0.25) is 17.8 Å². The number of hydrogen-bond acceptors (Lipinski definition) is 11. The van der Waals surface area contributed by atoms with Crippen molar-refractivity contribution in [2.75, 3.05) is 41.4 Å². The molecule has 0 aliphatic carbocycles. The third-order valence-corrected chi connectivity index (χ3v) is 6.65. The molecule has 39 heavy (non-hydrogen) atoms. The fraction of sp³-hybridized carbons (Fsp3) is 0.370. The zero-order valence-corrected chi connectivity index (χ0v) is 21.5. The maximum Gasteiger partial charge on any atom is 0.343 e. The molecule has 0 saturated carbocycles. The Balaban J connectivity index is 1.24. The van der Waals surface area contributed by atoms with Gasteiger partial charge in [-0.3, -0.25) is 10.1 Å². The van der Waals surface area contributed by atoms with Crippen molar-refractivity contribution in [3.8, 4) is 5.75 Å². The number of benzene rings is 2. The lowest BCUT2D eigenvalue weighted by Gasteiger charge is -2.30. The van der Waals surface area contributed by atoms with Crippen LogP contribution in [0.15, 0.2) is 53.6 Å². The summed E-state index contributed by atoms with van der Waals surface area (Å²) in [4.78, 5) is 41.2. The first kappa shape index (κ1) is 26.0. The number of ether oxygens (including phenoxy) is 1. The lowest BCUT2D eigenvalue weighted by molar-refractivity contribution is -0.384. The molecule has 0 bridgehead atoms. The topological polar surface area (TPSA) is 139 Å². The van der Waals surface area contributed by atoms with Gasteiger partial charge < -0.3 is 14.5 Å². The maximum atomic E-state index is 12.4. The number of nitro groups is 1. The van der Waals surface area contributed by atoms with Crippen molar-refractivity contribution in [2.24, 2.45) is 5.10 Å². The van der Waals surface area contributed by atoms with E-state index in [1.54, 1.807) is 30.5 Å². The molecule has 1 N–H and O–H groups in total. The molecule has 0 spiro atoms. The van der Waals surface area contributed by atoms with E-state index in [1.165, 1.54) is 37.1 Å². The van der Waals surface area contributed by atoms with E-state index in [-0.39, 0.29) is 11.3 Å². The smallest absolute Gasteiger partial charge is 0.343 e. The monoisotopic (exact) mass is 530 g/mol. The lowest BCUT2D eigenvalue weighted by Crippen LogP contribution is -2.34. The van der Waals surface area contributed by atoms with Crippen molar-refractivity contribution >= 4 is 35.7 Å². The zero-order valence-electron chi connectivity index (χ0n) is 21.5. The normalized spacial score (nSPS) is 15.8. The summed E-state index contributed by atoms with van der Waals surface area (Å²) in [6.45, 7) is 3.74. The van der Waals surface area contributed by atoms with E-state index in [1.807, 2.05) is 0 Å². The summed E-state index contributed by atoms with van der Waals surface area (Å²) in [6.07, 6.45) is 8.58. The van der Waals surface area contributed by atoms with E-state index in [2.05, 4.69) is 30.3 Å². The number of hydrazone groups is 1. The molecule has 2 aliphatic rings. The summed E-state index contributed by atoms with van der Waals surface area (Å²) in [5, 5.41) is 15.3. The Morgan fingerprint density at radius 1 is 0.897 bits per heavy atom. The summed E-state index contributed by atoms with van der Waals surface area (Å²) < 4.78 is 5.35. The second-order valence-electron chi connectivity index (χ2n) is 9.49. The van der Waals surface area contributed by atoms with Gasteiger partial charge in [-0.05, 0) is 74.4 Å². The van der Waals surface area contributed by atoms with Gasteiger partial charge >= 0.3 is 5.97 Å². The fourth-order valence-electron chi connectivity index (χ4n) is 4.57. The first-order valence-electron chi connectivity index (χ1n) is 13.2. The molecule has 12 heteroatoms. The third-order valence-electron chi connectivity index (χ3n) is 6.65. The van der Waals surface area contributed by atoms with Crippen LogP contribution in [0.3, 0.4) is 0 Å². The van der Waals surface area contributed by atoms with Crippen molar-refractivity contribution in [3.63, 3.8) is 0 Å². The molecule has 3 aromatic rings. The number of hydrogen-bond donors (Lipinski definition) is 1. The van der Waals surface area contributed by atoms with Crippen LogP contribution in [0.25, 0.3) is 0 Å². The predicted molar refractivity (Wildman–Crippen MR) is 148 cm³/mol. The molecule has 1 aromatic heterocycles. The Bertz CT molecular complexity index is 1300. The summed E-state index contributed by atoms with van der Waals surface area (Å²) in [6, 6.07) is 12.2. The Morgan fingerprint density at radius 2 is 1.51 bits per heavy atom. The van der Waals surface area contributed by atoms with Crippen molar-refractivity contribution in [1.29, 1.82) is 0 Å². The van der Waals surface area contributed by atoms with Gasteiger partial charge in [-0.1, -0.05) is 6.07 Å². The van der Waals surface area contributed by atoms with E-state index in [9.17, 15) is 14.9 Å². The summed E-state index contributed by atoms with van der Waals surface area (Å²) >= 11 is 0. The SMILES string of the molecule is O=C(Oc1ccc(/C=N/Nc2nc(N3CCCCC3)nc(N3CCCCC3)n2)cc1)c1cccc([N+](=O)[O-])c1. The van der Waals surface area contributed by atoms with E-state index < -0.39 is 10.9 Å². The Labute approximate surface area is 225 Å². The van der Waals surface area contributed by atoms with Crippen LogP contribution in [-0.4, -0.2) is 58.2 Å². The Hall–Kier alpha value is -4.61. The minimum atomic E-state index is -0.675. The van der Waals surface area contributed by atoms with Crippen molar-refractivity contribution < 1.29 is 14.5 Å². The Morgan fingerprint density at radius 3 is 2.10 bits per heavy atom. The number of anilines is 3. The van der Waals surface area contributed by atoms with Crippen LogP contribution in [0, 0.1) is 10.1 Å². The Kier molecular flexibility index (Phi) is 8.20. The number of aromatic nitrogens is 3. The molecule has 2 aromatic carbocycles. The third kappa shape index (κ3) is 6.83. The molecule has 2 aliphatic heterocycles. The van der Waals surface area contributed by atoms with Crippen molar-refractivity contribution in [1.82, 2.24) is 15.0 Å². The van der Waals surface area contributed by atoms with Gasteiger partial charge in [0.15, 0.2) is 0 Å². The van der Waals surface area contributed by atoms with E-state index in [0.29, 0.717) is 23.6 Å². The van der Waals surface area contributed by atoms with Crippen molar-refractivity contribution in [3.05, 3.63) is 69.8 Å². The van der Waals surface area contributed by atoms with Crippen LogP contribution in [0.1, 0.15) is 54.4 Å². The average Bonchev–Trinajstić information content (AvgIpc) is 2.99. The first-order valence-corrected chi connectivity index (χ1v) is 13.2. The van der Waals surface area contributed by atoms with Gasteiger partial charge in [0, 0.05) is 38.3 Å². The second kappa shape index (κ2) is 12.3. The van der Waals surface area contributed by atoms with E-state index >= 15 is 0 Å². The number of esters is 1. The van der Waals surface area contributed by atoms with Gasteiger partial charge in [-0.15, -0.1) is 0 Å². The highest BCUT2D eigenvalue weighted by Crippen LogP contribution is 2.23. The largest absolute Gasteiger partial charge is 0.423 e. The number of nitro benzene ring substituents is 1. The van der Waals surface area contributed by atoms with Crippen LogP contribution < -0.4 is 20.0 Å². The number of nitrogens with zero attached hydrogens (tertiary/aromatic N) is 7. The van der Waals surface area contributed by atoms with Crippen LogP contribution in [0.2, 0.25) is 0 Å². The first-order chi connectivity index (χ1) is 19.0. The van der Waals surface area contributed by atoms with Gasteiger partial charge in [0.05, 0.1) is 16.7 Å². The highest BCUT2D eigenvalue weighted by molar-refractivity contribution is 5.91. The lowest BCUT2D eigenvalue weighted by atomic mass is 10.1. The molecule has 3 heterocycles. The molecule has 202 valence electrons. The molecule has 5 rings (SSSR count). The fourth-order valence-corrected chi connectivity index (χ4v) is 4.57. The van der Waals surface area contributed by atoms with Crippen LogP contribution in [0.4, 0.5) is 23.5 Å². The molecule has 12 nitrogen and oxygen atoms in total. The molecule has 2 fully saturated rings. The zero-order chi connectivity index (χ0) is 27.0. The van der Waals surface area contributed by atoms with E-state index in [4.69, 9.17) is 9.72 Å². The quantitative estimate of drug-likeness (QED) is 0.146. The van der Waals surface area contributed by atoms with Crippen molar-refractivity contribution in [2.45, 2.75) is 38.5 Å². The predicted octanol–water partition coefficient (Wildman–Crippen LogP) is 4.43. The molecule has 0 atom stereocenters. The highest BCUT2D eigenvalue weighted by atomic mass is 16.6. The number of piperidine rings is 2. The van der Waals surface area contributed by atoms with Gasteiger partial charge in [0.25, 0.3) is 5.69 Å². The number of rotatable bonds is 8. The van der Waals surface area contributed by atoms with Gasteiger partial charge in [0.1, 0.15) is 5.75 Å². The maximum absolute atomic E-state index is 12.4. The minimum Gasteiger partial charge on any atom is -0.423 e. The number of nitrogens with one attached hydrogen (secondary N) is 1. The molecule has 0 unspecified atom stereocenters. The molecule has 0 radical (unpaired) electrons. The molecular weight excluding hydrogens is 500 g/mol. The standard InChI is InChI=1S/C27H30N8O4/c36-24(21-8-7-9-22(18-21)35(37)38)39-23-12-10-20(11-13-23)19-28-32-25-29-26(33-14-3-1-4-15-33)31-27(30-25)34-16-5-2-6-17-34/h7-13,18-19H,1-6,14-17H2,(H,29,30,31,32)/b28-19+. The molecule has 2 saturated heterocycles. The van der Waals surface area contributed by atoms with Crippen LogP contribution >= 0.6 is 0 Å². The number of carbonyl (C=O) groups is 1. The second-order valence-corrected chi connectivity index (χ2v) is 9.49.